The zero-order valence-corrected chi connectivity index (χ0v) is 16.7. The number of hydrogen-bond donors (Lipinski definition) is 2. The molecule has 0 heterocycles. The summed E-state index contributed by atoms with van der Waals surface area (Å²) >= 11 is 3.36. The van der Waals surface area contributed by atoms with Crippen LogP contribution in [0.3, 0.4) is 0 Å². The molecule has 8 heteroatoms. The number of rotatable bonds is 9. The monoisotopic (exact) mass is 433 g/mol. The van der Waals surface area contributed by atoms with Crippen LogP contribution in [0.4, 0.5) is 8.78 Å². The number of guanidine groups is 1. The Labute approximate surface area is 161 Å². The van der Waals surface area contributed by atoms with Crippen molar-refractivity contribution >= 4 is 21.9 Å². The number of nitrogens with one attached hydrogen (secondary N) is 2. The third-order valence-electron chi connectivity index (χ3n) is 4.79. The molecule has 1 aliphatic rings. The molecule has 26 heavy (non-hydrogen) atoms. The first-order valence-corrected chi connectivity index (χ1v) is 9.44. The maximum atomic E-state index is 12.6. The fourth-order valence-corrected chi connectivity index (χ4v) is 3.49. The van der Waals surface area contributed by atoms with Crippen LogP contribution in [0, 0.1) is 5.41 Å². The molecule has 0 amide bonds. The Balaban J connectivity index is 1.92. The molecule has 2 rings (SSSR count). The molecule has 1 aromatic rings. The lowest BCUT2D eigenvalue weighted by atomic mass is 9.67. The van der Waals surface area contributed by atoms with E-state index in [4.69, 9.17) is 4.74 Å². The molecule has 1 saturated carbocycles. The Morgan fingerprint density at radius 1 is 1.35 bits per heavy atom. The van der Waals surface area contributed by atoms with Gasteiger partial charge in [0.15, 0.2) is 5.96 Å². The molecule has 5 nitrogen and oxygen atoms in total. The van der Waals surface area contributed by atoms with Gasteiger partial charge in [-0.1, -0.05) is 22.4 Å². The summed E-state index contributed by atoms with van der Waals surface area (Å²) in [7, 11) is 3.41. The minimum atomic E-state index is -2.85. The van der Waals surface area contributed by atoms with E-state index in [2.05, 4.69) is 36.3 Å². The average molecular weight is 434 g/mol. The summed E-state index contributed by atoms with van der Waals surface area (Å²) in [5.41, 5.74) is 0.883. The van der Waals surface area contributed by atoms with Crippen molar-refractivity contribution < 1.29 is 18.3 Å². The quantitative estimate of drug-likeness (QED) is 0.457. The van der Waals surface area contributed by atoms with E-state index < -0.39 is 6.61 Å². The molecule has 0 atom stereocenters. The van der Waals surface area contributed by atoms with E-state index in [-0.39, 0.29) is 11.2 Å². The molecule has 0 saturated heterocycles. The van der Waals surface area contributed by atoms with E-state index in [0.717, 1.165) is 24.0 Å². The number of aliphatic imine (C=N–C) groups is 1. The summed E-state index contributed by atoms with van der Waals surface area (Å²) in [6, 6.07) is 4.95. The summed E-state index contributed by atoms with van der Waals surface area (Å²) in [5, 5.41) is 6.51. The number of methoxy groups -OCH3 is 1. The van der Waals surface area contributed by atoms with Gasteiger partial charge in [0.1, 0.15) is 5.75 Å². The number of ether oxygens (including phenoxy) is 2. The van der Waals surface area contributed by atoms with Crippen LogP contribution in [0.5, 0.6) is 5.75 Å². The third kappa shape index (κ3) is 6.09. The van der Waals surface area contributed by atoms with E-state index in [1.807, 2.05) is 0 Å². The molecule has 1 aliphatic carbocycles. The highest BCUT2D eigenvalue weighted by atomic mass is 79.9. The van der Waals surface area contributed by atoms with E-state index >= 15 is 0 Å². The molecule has 0 spiro atoms. The normalized spacial score (nSPS) is 16.3. The van der Waals surface area contributed by atoms with Gasteiger partial charge in [-0.05, 0) is 42.9 Å². The topological polar surface area (TPSA) is 54.9 Å². The molecule has 0 bridgehead atoms. The van der Waals surface area contributed by atoms with Gasteiger partial charge in [-0.15, -0.1) is 0 Å². The van der Waals surface area contributed by atoms with Crippen LogP contribution >= 0.6 is 15.9 Å². The SMILES string of the molecule is CN=C(NCc1cc(Br)ccc1OC(F)F)NCC1(CCOC)CCC1. The standard InChI is InChI=1S/C18H26BrF2N3O2/c1-22-17(24-12-18(6-3-7-18)8-9-25-2)23-11-13-10-14(19)4-5-15(13)26-16(20)21/h4-5,10,16H,3,6-9,11-12H2,1-2H3,(H2,22,23,24). The van der Waals surface area contributed by atoms with E-state index in [1.54, 1.807) is 26.3 Å². The fourth-order valence-electron chi connectivity index (χ4n) is 3.08. The van der Waals surface area contributed by atoms with Gasteiger partial charge in [0, 0.05) is 43.9 Å². The predicted octanol–water partition coefficient (Wildman–Crippen LogP) is 3.92. The summed E-state index contributed by atoms with van der Waals surface area (Å²) in [4.78, 5) is 4.22. The number of nitrogens with zero attached hydrogens (tertiary/aromatic N) is 1. The van der Waals surface area contributed by atoms with Gasteiger partial charge < -0.3 is 20.1 Å². The summed E-state index contributed by atoms with van der Waals surface area (Å²) < 4.78 is 35.7. The molecule has 0 unspecified atom stereocenters. The molecular weight excluding hydrogens is 408 g/mol. The summed E-state index contributed by atoms with van der Waals surface area (Å²) in [6.45, 7) is -0.965. The number of benzene rings is 1. The van der Waals surface area contributed by atoms with Crippen molar-refractivity contribution in [3.63, 3.8) is 0 Å². The zero-order chi connectivity index (χ0) is 19.0. The van der Waals surface area contributed by atoms with Crippen LogP contribution in [0.2, 0.25) is 0 Å². The smallest absolute Gasteiger partial charge is 0.387 e. The number of alkyl halides is 2. The van der Waals surface area contributed by atoms with Crippen molar-refractivity contribution in [3.05, 3.63) is 28.2 Å². The maximum absolute atomic E-state index is 12.6. The highest BCUT2D eigenvalue weighted by Gasteiger charge is 2.36. The molecule has 0 radical (unpaired) electrons. The van der Waals surface area contributed by atoms with E-state index in [1.165, 1.54) is 25.3 Å². The molecule has 1 fully saturated rings. The van der Waals surface area contributed by atoms with Gasteiger partial charge >= 0.3 is 6.61 Å². The van der Waals surface area contributed by atoms with Crippen molar-refractivity contribution in [2.75, 3.05) is 27.3 Å². The van der Waals surface area contributed by atoms with Crippen LogP contribution in [-0.4, -0.2) is 39.9 Å². The van der Waals surface area contributed by atoms with Gasteiger partial charge in [-0.25, -0.2) is 0 Å². The van der Waals surface area contributed by atoms with Crippen LogP contribution in [0.1, 0.15) is 31.2 Å². The lowest BCUT2D eigenvalue weighted by molar-refractivity contribution is -0.0504. The lowest BCUT2D eigenvalue weighted by Crippen LogP contribution is -2.46. The Morgan fingerprint density at radius 3 is 2.69 bits per heavy atom. The highest BCUT2D eigenvalue weighted by molar-refractivity contribution is 9.10. The van der Waals surface area contributed by atoms with Gasteiger partial charge in [-0.2, -0.15) is 8.78 Å². The zero-order valence-electron chi connectivity index (χ0n) is 15.2. The predicted molar refractivity (Wildman–Crippen MR) is 102 cm³/mol. The number of hydrogen-bond acceptors (Lipinski definition) is 3. The Hall–Kier alpha value is -1.41. The maximum Gasteiger partial charge on any atom is 0.387 e. The van der Waals surface area contributed by atoms with E-state index in [9.17, 15) is 8.78 Å². The first-order chi connectivity index (χ1) is 12.5. The molecule has 0 aliphatic heterocycles. The van der Waals surface area contributed by atoms with Crippen molar-refractivity contribution in [1.82, 2.24) is 10.6 Å². The summed E-state index contributed by atoms with van der Waals surface area (Å²) in [5.74, 6) is 0.790. The molecule has 1 aromatic carbocycles. The largest absolute Gasteiger partial charge is 0.434 e. The number of halogens is 3. The van der Waals surface area contributed by atoms with Crippen LogP contribution in [0.15, 0.2) is 27.7 Å². The first-order valence-electron chi connectivity index (χ1n) is 8.65. The summed E-state index contributed by atoms with van der Waals surface area (Å²) in [6.07, 6.45) is 4.62. The second-order valence-electron chi connectivity index (χ2n) is 6.51. The van der Waals surface area contributed by atoms with Crippen molar-refractivity contribution in [1.29, 1.82) is 0 Å². The van der Waals surface area contributed by atoms with E-state index in [0.29, 0.717) is 18.1 Å². The second-order valence-corrected chi connectivity index (χ2v) is 7.42. The van der Waals surface area contributed by atoms with Gasteiger partial charge in [-0.3, -0.25) is 4.99 Å². The molecule has 146 valence electrons. The molecular formula is C18H26BrF2N3O2. The Bertz CT molecular complexity index is 610. The van der Waals surface area contributed by atoms with Crippen molar-refractivity contribution in [2.24, 2.45) is 10.4 Å². The van der Waals surface area contributed by atoms with Crippen molar-refractivity contribution in [2.45, 2.75) is 38.8 Å². The Kier molecular flexibility index (Phi) is 8.09. The molecule has 0 aromatic heterocycles. The van der Waals surface area contributed by atoms with Gasteiger partial charge in [0.2, 0.25) is 0 Å². The van der Waals surface area contributed by atoms with Gasteiger partial charge in [0.05, 0.1) is 0 Å². The minimum absolute atomic E-state index is 0.154. The second kappa shape index (κ2) is 10.1. The van der Waals surface area contributed by atoms with Crippen LogP contribution in [0.25, 0.3) is 0 Å². The highest BCUT2D eigenvalue weighted by Crippen LogP contribution is 2.43. The van der Waals surface area contributed by atoms with Gasteiger partial charge in [0.25, 0.3) is 0 Å². The minimum Gasteiger partial charge on any atom is -0.434 e. The van der Waals surface area contributed by atoms with Crippen LogP contribution < -0.4 is 15.4 Å². The lowest BCUT2D eigenvalue weighted by Gasteiger charge is -2.42. The fraction of sp³-hybridized carbons (Fsp3) is 0.611. The van der Waals surface area contributed by atoms with Crippen molar-refractivity contribution in [3.8, 4) is 5.75 Å². The third-order valence-corrected chi connectivity index (χ3v) is 5.28. The first kappa shape index (κ1) is 20.9. The Morgan fingerprint density at radius 2 is 2.12 bits per heavy atom. The average Bonchev–Trinajstić information content (AvgIpc) is 2.57. The van der Waals surface area contributed by atoms with Crippen LogP contribution in [-0.2, 0) is 11.3 Å². The molecule has 2 N–H and O–H groups in total.